The molecule has 2 aromatic rings. The highest BCUT2D eigenvalue weighted by Crippen LogP contribution is 2.43. The normalized spacial score (nSPS) is 17.2. The first kappa shape index (κ1) is 30.8. The van der Waals surface area contributed by atoms with Crippen LogP contribution in [0.25, 0.3) is 23.3 Å². The SMILES string of the molecule is CCC1=C(C)C2=NC1=CC1=NC(=Cc3ccc(o3)C=C3CC(=C2)c2ccccc23)C(C)=C1CC.Cl.O=C(O)C(F)(F)F. The summed E-state index contributed by atoms with van der Waals surface area (Å²) < 4.78 is 37.9. The van der Waals surface area contributed by atoms with Gasteiger partial charge in [-0.05, 0) is 108 Å². The van der Waals surface area contributed by atoms with Crippen LogP contribution in [0, 0.1) is 0 Å². The summed E-state index contributed by atoms with van der Waals surface area (Å²) in [5, 5.41) is 7.12. The van der Waals surface area contributed by atoms with Crippen molar-refractivity contribution in [1.82, 2.24) is 0 Å². The molecule has 42 heavy (non-hydrogen) atoms. The minimum Gasteiger partial charge on any atom is -0.475 e. The molecule has 8 bridgehead atoms. The van der Waals surface area contributed by atoms with Crippen molar-refractivity contribution in [3.05, 3.63) is 105 Å². The lowest BCUT2D eigenvalue weighted by Crippen LogP contribution is -2.21. The van der Waals surface area contributed by atoms with Crippen LogP contribution in [0.4, 0.5) is 13.2 Å². The number of benzene rings is 1. The molecule has 5 nitrogen and oxygen atoms in total. The summed E-state index contributed by atoms with van der Waals surface area (Å²) >= 11 is 0. The van der Waals surface area contributed by atoms with Crippen LogP contribution in [0.1, 0.15) is 69.6 Å². The molecule has 0 saturated carbocycles. The fourth-order valence-electron chi connectivity index (χ4n) is 5.49. The van der Waals surface area contributed by atoms with Gasteiger partial charge >= 0.3 is 12.1 Å². The number of allylic oxidation sites excluding steroid dienone is 8. The van der Waals surface area contributed by atoms with Crippen LogP contribution >= 0.6 is 12.4 Å². The number of rotatable bonds is 2. The topological polar surface area (TPSA) is 75.2 Å². The zero-order valence-electron chi connectivity index (χ0n) is 23.6. The summed E-state index contributed by atoms with van der Waals surface area (Å²) in [6.45, 7) is 8.77. The first-order valence-electron chi connectivity index (χ1n) is 13.4. The Balaban J connectivity index is 0.000000454. The molecule has 0 saturated heterocycles. The van der Waals surface area contributed by atoms with Crippen LogP contribution in [0.3, 0.4) is 0 Å². The van der Waals surface area contributed by atoms with Gasteiger partial charge < -0.3 is 9.52 Å². The highest BCUT2D eigenvalue weighted by atomic mass is 35.5. The van der Waals surface area contributed by atoms with Crippen molar-refractivity contribution in [1.29, 1.82) is 0 Å². The number of aliphatic carboxylic acids is 1. The van der Waals surface area contributed by atoms with E-state index in [9.17, 15) is 13.2 Å². The number of nitrogens with zero attached hydrogens (tertiary/aromatic N) is 2. The second-order valence-electron chi connectivity index (χ2n) is 10.1. The summed E-state index contributed by atoms with van der Waals surface area (Å²) in [6.07, 6.45) is 6.38. The maximum Gasteiger partial charge on any atom is 0.490 e. The molecule has 4 heterocycles. The van der Waals surface area contributed by atoms with Crippen LogP contribution in [-0.2, 0) is 4.79 Å². The maximum atomic E-state index is 10.6. The molecular formula is C33H30ClF3N2O3. The Morgan fingerprint density at radius 1 is 0.810 bits per heavy atom. The van der Waals surface area contributed by atoms with Crippen molar-refractivity contribution >= 4 is 53.1 Å². The Bertz CT molecular complexity index is 1710. The summed E-state index contributed by atoms with van der Waals surface area (Å²) in [7, 11) is 0. The summed E-state index contributed by atoms with van der Waals surface area (Å²) in [4.78, 5) is 19.0. The number of alkyl halides is 3. The fraction of sp³-hybridized carbons (Fsp3) is 0.242. The Morgan fingerprint density at radius 3 is 1.93 bits per heavy atom. The van der Waals surface area contributed by atoms with Gasteiger partial charge in [0.15, 0.2) is 0 Å². The predicted octanol–water partition coefficient (Wildman–Crippen LogP) is 9.26. The number of hydrogen-bond acceptors (Lipinski definition) is 4. The van der Waals surface area contributed by atoms with Gasteiger partial charge in [0.05, 0.1) is 22.8 Å². The third-order valence-corrected chi connectivity index (χ3v) is 7.55. The first-order valence-corrected chi connectivity index (χ1v) is 13.4. The van der Waals surface area contributed by atoms with Crippen molar-refractivity contribution in [2.45, 2.75) is 53.1 Å². The lowest BCUT2D eigenvalue weighted by molar-refractivity contribution is -0.192. The van der Waals surface area contributed by atoms with E-state index in [0.29, 0.717) is 0 Å². The number of carboxylic acids is 1. The lowest BCUT2D eigenvalue weighted by Gasteiger charge is -2.04. The number of carboxylic acid groups (broad SMARTS) is 1. The van der Waals surface area contributed by atoms with E-state index >= 15 is 0 Å². The number of carbonyl (C=O) groups is 1. The summed E-state index contributed by atoms with van der Waals surface area (Å²) in [5.74, 6) is -1.06. The van der Waals surface area contributed by atoms with Crippen molar-refractivity contribution in [3.63, 3.8) is 0 Å². The number of fused-ring (bicyclic) bond motifs is 9. The molecule has 6 rings (SSSR count). The molecule has 1 aliphatic carbocycles. The number of aliphatic imine (C=N–C) groups is 2. The van der Waals surface area contributed by atoms with Crippen LogP contribution in [0.15, 0.2) is 96.6 Å². The van der Waals surface area contributed by atoms with E-state index in [-0.39, 0.29) is 12.4 Å². The van der Waals surface area contributed by atoms with Gasteiger partial charge in [-0.25, -0.2) is 14.8 Å². The maximum absolute atomic E-state index is 10.6. The lowest BCUT2D eigenvalue weighted by atomic mass is 9.98. The van der Waals surface area contributed by atoms with E-state index < -0.39 is 12.1 Å². The smallest absolute Gasteiger partial charge is 0.475 e. The Labute approximate surface area is 248 Å². The van der Waals surface area contributed by atoms with E-state index in [1.54, 1.807) is 0 Å². The third kappa shape index (κ3) is 5.90. The average molecular weight is 595 g/mol. The van der Waals surface area contributed by atoms with E-state index in [0.717, 1.165) is 53.6 Å². The number of halogens is 4. The van der Waals surface area contributed by atoms with Crippen molar-refractivity contribution < 1.29 is 27.5 Å². The molecule has 3 aliphatic heterocycles. The monoisotopic (exact) mass is 594 g/mol. The predicted molar refractivity (Wildman–Crippen MR) is 163 cm³/mol. The van der Waals surface area contributed by atoms with Gasteiger partial charge in [-0.3, -0.25) is 0 Å². The first-order chi connectivity index (χ1) is 19.5. The van der Waals surface area contributed by atoms with Gasteiger partial charge in [-0.1, -0.05) is 38.1 Å². The molecule has 1 aromatic carbocycles. The zero-order chi connectivity index (χ0) is 29.5. The standard InChI is InChI=1S/C31H28N2O.C2HF3O2.ClH/c1-5-24-18(3)28-15-21-13-20(26-9-7-8-10-27(21)26)14-22-11-12-23(34-22)16-29-19(4)25(6-2)31(33-29)17-30(24)32-28;3-2(4,5)1(6)7;/h7-12,14-17H,5-6,13H2,1-4H3;(H,6,7);1H. The second kappa shape index (κ2) is 12.0. The third-order valence-electron chi connectivity index (χ3n) is 7.55. The highest BCUT2D eigenvalue weighted by Gasteiger charge is 2.38. The van der Waals surface area contributed by atoms with Gasteiger partial charge in [0, 0.05) is 6.08 Å². The molecule has 0 atom stereocenters. The number of furan rings is 1. The molecule has 1 N–H and O–H groups in total. The van der Waals surface area contributed by atoms with Crippen LogP contribution in [-0.4, -0.2) is 28.7 Å². The molecule has 218 valence electrons. The van der Waals surface area contributed by atoms with Crippen LogP contribution in [0.2, 0.25) is 0 Å². The Hall–Kier alpha value is -4.17. The zero-order valence-corrected chi connectivity index (χ0v) is 24.4. The van der Waals surface area contributed by atoms with Gasteiger partial charge in [-0.15, -0.1) is 12.4 Å². The van der Waals surface area contributed by atoms with Gasteiger partial charge in [0.25, 0.3) is 0 Å². The Kier molecular flexibility index (Phi) is 8.78. The molecule has 0 unspecified atom stereocenters. The van der Waals surface area contributed by atoms with Gasteiger partial charge in [0.1, 0.15) is 11.5 Å². The van der Waals surface area contributed by atoms with Gasteiger partial charge in [0.2, 0.25) is 0 Å². The summed E-state index contributed by atoms with van der Waals surface area (Å²) in [6, 6.07) is 12.7. The van der Waals surface area contributed by atoms with E-state index in [1.807, 2.05) is 6.07 Å². The second-order valence-corrected chi connectivity index (χ2v) is 10.1. The quantitative estimate of drug-likeness (QED) is 0.376. The molecule has 1 aromatic heterocycles. The van der Waals surface area contributed by atoms with Crippen LogP contribution in [0.5, 0.6) is 0 Å². The average Bonchev–Trinajstić information content (AvgIpc) is 3.66. The molecule has 0 radical (unpaired) electrons. The van der Waals surface area contributed by atoms with Crippen molar-refractivity contribution in [2.75, 3.05) is 0 Å². The molecule has 9 heteroatoms. The molecular weight excluding hydrogens is 565 g/mol. The Morgan fingerprint density at radius 2 is 1.36 bits per heavy atom. The molecule has 0 fully saturated rings. The number of hydrogen-bond donors (Lipinski definition) is 1. The fourth-order valence-corrected chi connectivity index (χ4v) is 5.49. The molecule has 0 spiro atoms. The van der Waals surface area contributed by atoms with E-state index in [2.05, 4.69) is 82.3 Å². The van der Waals surface area contributed by atoms with E-state index in [4.69, 9.17) is 24.3 Å². The molecule has 4 aliphatic rings. The highest BCUT2D eigenvalue weighted by molar-refractivity contribution is 6.18. The van der Waals surface area contributed by atoms with Gasteiger partial charge in [-0.2, -0.15) is 13.2 Å². The minimum atomic E-state index is -5.08. The van der Waals surface area contributed by atoms with E-state index in [1.165, 1.54) is 44.6 Å². The van der Waals surface area contributed by atoms with Crippen molar-refractivity contribution in [3.8, 4) is 0 Å². The summed E-state index contributed by atoms with van der Waals surface area (Å²) in [5.41, 5.74) is 14.3. The molecule has 0 amide bonds. The van der Waals surface area contributed by atoms with Crippen molar-refractivity contribution in [2.24, 2.45) is 9.98 Å². The van der Waals surface area contributed by atoms with Crippen LogP contribution < -0.4 is 0 Å². The minimum absolute atomic E-state index is 0. The largest absolute Gasteiger partial charge is 0.490 e.